The van der Waals surface area contributed by atoms with Gasteiger partial charge in [-0.1, -0.05) is 48.5 Å². The summed E-state index contributed by atoms with van der Waals surface area (Å²) in [5.41, 5.74) is 1.84. The first-order valence-corrected chi connectivity index (χ1v) is 13.4. The molecule has 0 radical (unpaired) electrons. The summed E-state index contributed by atoms with van der Waals surface area (Å²) in [5.74, 6) is -0.316. The van der Waals surface area contributed by atoms with Crippen LogP contribution in [0.25, 0.3) is 0 Å². The number of anilines is 1. The van der Waals surface area contributed by atoms with Crippen molar-refractivity contribution >= 4 is 39.3 Å². The fraction of sp³-hybridized carbons (Fsp3) is 0.200. The van der Waals surface area contributed by atoms with Gasteiger partial charge >= 0.3 is 5.97 Å². The van der Waals surface area contributed by atoms with Gasteiger partial charge in [-0.05, 0) is 60.4 Å². The molecule has 0 aromatic heterocycles. The summed E-state index contributed by atoms with van der Waals surface area (Å²) in [6.45, 7) is -0.0394. The van der Waals surface area contributed by atoms with Gasteiger partial charge in [-0.3, -0.25) is 9.59 Å². The van der Waals surface area contributed by atoms with E-state index in [9.17, 15) is 18.0 Å². The fourth-order valence-corrected chi connectivity index (χ4v) is 4.76. The second-order valence-corrected chi connectivity index (χ2v) is 10.1. The Labute approximate surface area is 204 Å². The van der Waals surface area contributed by atoms with E-state index >= 15 is 0 Å². The predicted octanol–water partition coefficient (Wildman–Crippen LogP) is 4.08. The summed E-state index contributed by atoms with van der Waals surface area (Å²) in [6, 6.07) is 22.7. The number of esters is 1. The zero-order valence-corrected chi connectivity index (χ0v) is 20.3. The van der Waals surface area contributed by atoms with Gasteiger partial charge in [0.05, 0.1) is 4.90 Å². The molecule has 0 bridgehead atoms. The molecule has 3 rings (SSSR count). The van der Waals surface area contributed by atoms with Crippen LogP contribution in [0.1, 0.15) is 22.3 Å². The lowest BCUT2D eigenvalue weighted by Crippen LogP contribution is -2.42. The van der Waals surface area contributed by atoms with Crippen LogP contribution in [-0.4, -0.2) is 38.3 Å². The number of benzene rings is 3. The van der Waals surface area contributed by atoms with Gasteiger partial charge in [-0.2, -0.15) is 16.5 Å². The van der Waals surface area contributed by atoms with Gasteiger partial charge in [0.2, 0.25) is 10.0 Å². The average Bonchev–Trinajstić information content (AvgIpc) is 2.86. The Morgan fingerprint density at radius 3 is 2.15 bits per heavy atom. The maximum atomic E-state index is 12.7. The molecule has 1 amide bonds. The molecule has 178 valence electrons. The van der Waals surface area contributed by atoms with E-state index in [2.05, 4.69) is 10.0 Å². The number of hydrogen-bond acceptors (Lipinski definition) is 6. The minimum Gasteiger partial charge on any atom is -0.460 e. The second-order valence-electron chi connectivity index (χ2n) is 7.39. The minimum absolute atomic E-state index is 0.0394. The molecule has 34 heavy (non-hydrogen) atoms. The van der Waals surface area contributed by atoms with Crippen molar-refractivity contribution in [3.8, 4) is 0 Å². The van der Waals surface area contributed by atoms with Gasteiger partial charge in [0.1, 0.15) is 12.6 Å². The number of sulfonamides is 1. The Morgan fingerprint density at radius 1 is 0.912 bits per heavy atom. The van der Waals surface area contributed by atoms with Crippen LogP contribution in [0, 0.1) is 0 Å². The lowest BCUT2D eigenvalue weighted by Gasteiger charge is -2.17. The molecule has 3 aromatic carbocycles. The SMILES string of the molecule is CSCCC(NS(=O)(=O)c1ccccc1)C(=O)OCc1ccc(C(=O)Nc2ccccc2)cc1. The lowest BCUT2D eigenvalue weighted by molar-refractivity contribution is -0.147. The number of carbonyl (C=O) groups excluding carboxylic acids is 2. The Kier molecular flexibility index (Phi) is 9.26. The number of nitrogens with one attached hydrogen (secondary N) is 2. The summed E-state index contributed by atoms with van der Waals surface area (Å²) in [7, 11) is -3.86. The van der Waals surface area contributed by atoms with Gasteiger partial charge in [-0.15, -0.1) is 0 Å². The molecule has 0 fully saturated rings. The summed E-state index contributed by atoms with van der Waals surface area (Å²) < 4.78 is 33.2. The Balaban J connectivity index is 1.59. The molecule has 0 aliphatic carbocycles. The van der Waals surface area contributed by atoms with E-state index in [1.54, 1.807) is 54.6 Å². The van der Waals surface area contributed by atoms with Gasteiger partial charge < -0.3 is 10.1 Å². The van der Waals surface area contributed by atoms with Crippen molar-refractivity contribution in [3.05, 3.63) is 96.1 Å². The summed E-state index contributed by atoms with van der Waals surface area (Å²) in [4.78, 5) is 25.1. The molecule has 0 spiro atoms. The van der Waals surface area contributed by atoms with Crippen LogP contribution < -0.4 is 10.0 Å². The molecule has 9 heteroatoms. The second kappa shape index (κ2) is 12.4. The Bertz CT molecular complexity index is 1180. The van der Waals surface area contributed by atoms with E-state index in [1.807, 2.05) is 24.5 Å². The summed E-state index contributed by atoms with van der Waals surface area (Å²) in [6.07, 6.45) is 2.17. The maximum absolute atomic E-state index is 12.7. The van der Waals surface area contributed by atoms with Crippen molar-refractivity contribution < 1.29 is 22.7 Å². The van der Waals surface area contributed by atoms with Crippen molar-refractivity contribution in [2.75, 3.05) is 17.3 Å². The molecule has 0 aliphatic rings. The fourth-order valence-electron chi connectivity index (χ4n) is 3.05. The normalized spacial score (nSPS) is 12.0. The molecule has 3 aromatic rings. The number of thioether (sulfide) groups is 1. The topological polar surface area (TPSA) is 102 Å². The van der Waals surface area contributed by atoms with Crippen molar-refractivity contribution in [1.82, 2.24) is 4.72 Å². The van der Waals surface area contributed by atoms with Crippen LogP contribution in [0.5, 0.6) is 0 Å². The largest absolute Gasteiger partial charge is 0.460 e. The van der Waals surface area contributed by atoms with Crippen molar-refractivity contribution in [1.29, 1.82) is 0 Å². The molecule has 0 saturated carbocycles. The summed E-state index contributed by atoms with van der Waals surface area (Å²) >= 11 is 1.51. The monoisotopic (exact) mass is 498 g/mol. The average molecular weight is 499 g/mol. The quantitative estimate of drug-likeness (QED) is 0.386. The molecule has 7 nitrogen and oxygen atoms in total. The van der Waals surface area contributed by atoms with E-state index in [4.69, 9.17) is 4.74 Å². The van der Waals surface area contributed by atoms with Crippen molar-refractivity contribution in [3.63, 3.8) is 0 Å². The third-order valence-electron chi connectivity index (χ3n) is 4.87. The first kappa shape index (κ1) is 25.5. The van der Waals surface area contributed by atoms with Crippen molar-refractivity contribution in [2.24, 2.45) is 0 Å². The van der Waals surface area contributed by atoms with Crippen LogP contribution >= 0.6 is 11.8 Å². The highest BCUT2D eigenvalue weighted by molar-refractivity contribution is 7.98. The first-order valence-electron chi connectivity index (χ1n) is 10.6. The van der Waals surface area contributed by atoms with Crippen LogP contribution in [0.3, 0.4) is 0 Å². The standard InChI is InChI=1S/C25H26N2O5S2/c1-33-17-16-23(27-34(30,31)22-10-6-3-7-11-22)25(29)32-18-19-12-14-20(15-13-19)24(28)26-21-8-4-2-5-9-21/h2-15,23,27H,16-18H2,1H3,(H,26,28). The number of rotatable bonds is 11. The highest BCUT2D eigenvalue weighted by Gasteiger charge is 2.26. The predicted molar refractivity (Wildman–Crippen MR) is 134 cm³/mol. The molecule has 2 N–H and O–H groups in total. The number of para-hydroxylation sites is 1. The van der Waals surface area contributed by atoms with E-state index in [0.29, 0.717) is 29.0 Å². The Morgan fingerprint density at radius 2 is 1.53 bits per heavy atom. The van der Waals surface area contributed by atoms with Crippen molar-refractivity contribution in [2.45, 2.75) is 24.0 Å². The van der Waals surface area contributed by atoms with Crippen LogP contribution in [0.15, 0.2) is 89.8 Å². The summed E-state index contributed by atoms with van der Waals surface area (Å²) in [5, 5.41) is 2.81. The molecule has 0 heterocycles. The zero-order valence-electron chi connectivity index (χ0n) is 18.6. The smallest absolute Gasteiger partial charge is 0.324 e. The maximum Gasteiger partial charge on any atom is 0.324 e. The van der Waals surface area contributed by atoms with Gasteiger partial charge in [0.25, 0.3) is 5.91 Å². The van der Waals surface area contributed by atoms with E-state index < -0.39 is 22.0 Å². The zero-order chi connectivity index (χ0) is 24.4. The lowest BCUT2D eigenvalue weighted by atomic mass is 10.1. The number of hydrogen-bond donors (Lipinski definition) is 2. The molecular formula is C25H26N2O5S2. The first-order chi connectivity index (χ1) is 16.4. The van der Waals surface area contributed by atoms with E-state index in [-0.39, 0.29) is 17.4 Å². The Hall–Kier alpha value is -3.14. The van der Waals surface area contributed by atoms with Crippen LogP contribution in [0.4, 0.5) is 5.69 Å². The molecule has 1 atom stereocenters. The molecule has 0 saturated heterocycles. The van der Waals surface area contributed by atoms with E-state index in [1.165, 1.54) is 23.9 Å². The molecular weight excluding hydrogens is 472 g/mol. The number of amides is 1. The third kappa shape index (κ3) is 7.44. The van der Waals surface area contributed by atoms with Crippen LogP contribution in [-0.2, 0) is 26.2 Å². The van der Waals surface area contributed by atoms with E-state index in [0.717, 1.165) is 0 Å². The third-order valence-corrected chi connectivity index (χ3v) is 7.01. The minimum atomic E-state index is -3.86. The highest BCUT2D eigenvalue weighted by atomic mass is 32.2. The van der Waals surface area contributed by atoms with Gasteiger partial charge in [0.15, 0.2) is 0 Å². The highest BCUT2D eigenvalue weighted by Crippen LogP contribution is 2.14. The molecule has 0 aliphatic heterocycles. The number of carbonyl (C=O) groups is 2. The van der Waals surface area contributed by atoms with Gasteiger partial charge in [-0.25, -0.2) is 8.42 Å². The van der Waals surface area contributed by atoms with Gasteiger partial charge in [0, 0.05) is 11.3 Å². The molecule has 1 unspecified atom stereocenters. The van der Waals surface area contributed by atoms with Crippen LogP contribution in [0.2, 0.25) is 0 Å². The number of ether oxygens (including phenoxy) is 1.